The van der Waals surface area contributed by atoms with Gasteiger partial charge in [0.2, 0.25) is 15.9 Å². The molecule has 7 heteroatoms. The molecule has 1 heterocycles. The van der Waals surface area contributed by atoms with Gasteiger partial charge < -0.3 is 5.32 Å². The number of nitrogens with one attached hydrogen (secondary N) is 1. The number of benzene rings is 2. The van der Waals surface area contributed by atoms with Crippen molar-refractivity contribution in [2.24, 2.45) is 0 Å². The fraction of sp³-hybridized carbons (Fsp3) is 0.316. The minimum atomic E-state index is -3.47. The van der Waals surface area contributed by atoms with E-state index < -0.39 is 10.0 Å². The number of hydrogen-bond donors (Lipinski definition) is 1. The molecule has 1 aliphatic heterocycles. The van der Waals surface area contributed by atoms with Crippen molar-refractivity contribution in [3.05, 3.63) is 65.5 Å². The number of para-hydroxylation sites is 1. The van der Waals surface area contributed by atoms with Crippen LogP contribution in [-0.4, -0.2) is 33.2 Å². The molecule has 0 aliphatic carbocycles. The van der Waals surface area contributed by atoms with Crippen LogP contribution in [0.15, 0.2) is 48.5 Å². The van der Waals surface area contributed by atoms with Crippen LogP contribution in [0.4, 0.5) is 10.1 Å². The molecule has 5 nitrogen and oxygen atoms in total. The molecule has 1 N–H and O–H groups in total. The molecule has 0 spiro atoms. The predicted molar refractivity (Wildman–Crippen MR) is 99.0 cm³/mol. The molecule has 0 bridgehead atoms. The number of halogens is 1. The van der Waals surface area contributed by atoms with Gasteiger partial charge in [0.1, 0.15) is 5.82 Å². The van der Waals surface area contributed by atoms with Crippen LogP contribution >= 0.6 is 0 Å². The number of rotatable bonds is 7. The van der Waals surface area contributed by atoms with Gasteiger partial charge in [-0.1, -0.05) is 30.3 Å². The van der Waals surface area contributed by atoms with E-state index in [0.29, 0.717) is 19.4 Å². The summed E-state index contributed by atoms with van der Waals surface area (Å²) in [5.74, 6) is -0.723. The zero-order valence-corrected chi connectivity index (χ0v) is 15.1. The molecule has 138 valence electrons. The van der Waals surface area contributed by atoms with Crippen LogP contribution in [0, 0.1) is 5.82 Å². The van der Waals surface area contributed by atoms with E-state index in [1.165, 1.54) is 16.4 Å². The number of sulfonamides is 1. The van der Waals surface area contributed by atoms with Gasteiger partial charge >= 0.3 is 0 Å². The SMILES string of the molecule is O=C(CCc1cccc(F)c1)NCCS(=O)(=O)N1CCc2ccccc21. The molecule has 0 atom stereocenters. The van der Waals surface area contributed by atoms with Crippen LogP contribution in [0.3, 0.4) is 0 Å². The average molecular weight is 376 g/mol. The Morgan fingerprint density at radius 2 is 1.96 bits per heavy atom. The number of anilines is 1. The van der Waals surface area contributed by atoms with Crippen LogP contribution in [0.1, 0.15) is 17.5 Å². The third kappa shape index (κ3) is 4.40. The van der Waals surface area contributed by atoms with Crippen LogP contribution in [0.25, 0.3) is 0 Å². The lowest BCUT2D eigenvalue weighted by Crippen LogP contribution is -2.37. The van der Waals surface area contributed by atoms with Crippen LogP contribution in [0.5, 0.6) is 0 Å². The number of carbonyl (C=O) groups excluding carboxylic acids is 1. The van der Waals surface area contributed by atoms with Crippen LogP contribution < -0.4 is 9.62 Å². The number of fused-ring (bicyclic) bond motifs is 1. The Morgan fingerprint density at radius 3 is 2.77 bits per heavy atom. The Hall–Kier alpha value is -2.41. The van der Waals surface area contributed by atoms with E-state index in [1.807, 2.05) is 18.2 Å². The number of carbonyl (C=O) groups is 1. The third-order valence-electron chi connectivity index (χ3n) is 4.39. The minimum Gasteiger partial charge on any atom is -0.355 e. The van der Waals surface area contributed by atoms with Gasteiger partial charge in [-0.3, -0.25) is 9.10 Å². The topological polar surface area (TPSA) is 66.5 Å². The Labute approximate surface area is 152 Å². The fourth-order valence-electron chi connectivity index (χ4n) is 3.07. The molecule has 0 aromatic heterocycles. The fourth-order valence-corrected chi connectivity index (χ4v) is 4.49. The molecule has 0 unspecified atom stereocenters. The van der Waals surface area contributed by atoms with Crippen molar-refractivity contribution in [3.63, 3.8) is 0 Å². The van der Waals surface area contributed by atoms with E-state index >= 15 is 0 Å². The first-order chi connectivity index (χ1) is 12.5. The Kier molecular flexibility index (Phi) is 5.56. The average Bonchev–Trinajstić information content (AvgIpc) is 3.05. The van der Waals surface area contributed by atoms with Crippen molar-refractivity contribution in [2.45, 2.75) is 19.3 Å². The highest BCUT2D eigenvalue weighted by atomic mass is 32.2. The maximum Gasteiger partial charge on any atom is 0.236 e. The van der Waals surface area contributed by atoms with Crippen LogP contribution in [0.2, 0.25) is 0 Å². The highest BCUT2D eigenvalue weighted by molar-refractivity contribution is 7.92. The van der Waals surface area contributed by atoms with E-state index in [0.717, 1.165) is 16.8 Å². The second-order valence-electron chi connectivity index (χ2n) is 6.25. The number of hydrogen-bond acceptors (Lipinski definition) is 3. The molecular weight excluding hydrogens is 355 g/mol. The minimum absolute atomic E-state index is 0.0585. The van der Waals surface area contributed by atoms with Crippen molar-refractivity contribution in [2.75, 3.05) is 23.1 Å². The van der Waals surface area contributed by atoms with E-state index in [4.69, 9.17) is 0 Å². The molecule has 0 radical (unpaired) electrons. The van der Waals surface area contributed by atoms with E-state index in [9.17, 15) is 17.6 Å². The Morgan fingerprint density at radius 1 is 1.15 bits per heavy atom. The summed E-state index contributed by atoms with van der Waals surface area (Å²) < 4.78 is 39.6. The van der Waals surface area contributed by atoms with Gasteiger partial charge in [0.25, 0.3) is 0 Å². The van der Waals surface area contributed by atoms with E-state index in [-0.39, 0.29) is 30.4 Å². The molecule has 0 fully saturated rings. The largest absolute Gasteiger partial charge is 0.355 e. The first-order valence-electron chi connectivity index (χ1n) is 8.55. The highest BCUT2D eigenvalue weighted by Gasteiger charge is 2.28. The molecule has 1 aliphatic rings. The van der Waals surface area contributed by atoms with Gasteiger partial charge in [0, 0.05) is 19.5 Å². The van der Waals surface area contributed by atoms with Gasteiger partial charge in [-0.15, -0.1) is 0 Å². The summed E-state index contributed by atoms with van der Waals surface area (Å²) in [4.78, 5) is 11.9. The van der Waals surface area contributed by atoms with Gasteiger partial charge in [0.15, 0.2) is 0 Å². The number of nitrogens with zero attached hydrogens (tertiary/aromatic N) is 1. The quantitative estimate of drug-likeness (QED) is 0.806. The third-order valence-corrected chi connectivity index (χ3v) is 6.16. The van der Waals surface area contributed by atoms with E-state index in [2.05, 4.69) is 5.32 Å². The summed E-state index contributed by atoms with van der Waals surface area (Å²) in [6.07, 6.45) is 1.31. The summed E-state index contributed by atoms with van der Waals surface area (Å²) in [7, 11) is -3.47. The number of aryl methyl sites for hydroxylation is 1. The van der Waals surface area contributed by atoms with Gasteiger partial charge in [0.05, 0.1) is 11.4 Å². The molecule has 3 rings (SSSR count). The summed E-state index contributed by atoms with van der Waals surface area (Å²) in [5, 5.41) is 2.63. The molecule has 1 amide bonds. The van der Waals surface area contributed by atoms with Crippen molar-refractivity contribution < 1.29 is 17.6 Å². The maximum atomic E-state index is 13.1. The van der Waals surface area contributed by atoms with E-state index in [1.54, 1.807) is 18.2 Å². The smallest absolute Gasteiger partial charge is 0.236 e. The van der Waals surface area contributed by atoms with Gasteiger partial charge in [-0.25, -0.2) is 12.8 Å². The lowest BCUT2D eigenvalue weighted by molar-refractivity contribution is -0.120. The summed E-state index contributed by atoms with van der Waals surface area (Å²) in [5.41, 5.74) is 2.49. The second kappa shape index (κ2) is 7.86. The van der Waals surface area contributed by atoms with Crippen molar-refractivity contribution in [1.29, 1.82) is 0 Å². The van der Waals surface area contributed by atoms with Crippen molar-refractivity contribution in [1.82, 2.24) is 5.32 Å². The molecule has 0 saturated carbocycles. The Bertz CT molecular complexity index is 899. The van der Waals surface area contributed by atoms with Crippen LogP contribution in [-0.2, 0) is 27.7 Å². The lowest BCUT2D eigenvalue weighted by atomic mass is 10.1. The van der Waals surface area contributed by atoms with Crippen molar-refractivity contribution >= 4 is 21.6 Å². The Balaban J connectivity index is 1.47. The second-order valence-corrected chi connectivity index (χ2v) is 8.26. The maximum absolute atomic E-state index is 13.1. The molecule has 2 aromatic rings. The monoisotopic (exact) mass is 376 g/mol. The molecular formula is C19H21FN2O3S. The lowest BCUT2D eigenvalue weighted by Gasteiger charge is -2.19. The first-order valence-corrected chi connectivity index (χ1v) is 10.2. The van der Waals surface area contributed by atoms with Gasteiger partial charge in [-0.2, -0.15) is 0 Å². The zero-order valence-electron chi connectivity index (χ0n) is 14.3. The highest BCUT2D eigenvalue weighted by Crippen LogP contribution is 2.29. The first kappa shape index (κ1) is 18.4. The summed E-state index contributed by atoms with van der Waals surface area (Å²) in [6.45, 7) is 0.498. The summed E-state index contributed by atoms with van der Waals surface area (Å²) >= 11 is 0. The van der Waals surface area contributed by atoms with Gasteiger partial charge in [-0.05, 0) is 42.2 Å². The number of amides is 1. The normalized spacial score (nSPS) is 13.5. The molecule has 0 saturated heterocycles. The molecule has 2 aromatic carbocycles. The molecule has 26 heavy (non-hydrogen) atoms. The standard InChI is InChI=1S/C19H21FN2O3S/c20-17-6-3-4-15(14-17)8-9-19(23)21-11-13-26(24,25)22-12-10-16-5-1-2-7-18(16)22/h1-7,14H,8-13H2,(H,21,23). The van der Waals surface area contributed by atoms with Crippen molar-refractivity contribution in [3.8, 4) is 0 Å². The summed E-state index contributed by atoms with van der Waals surface area (Å²) in [6, 6.07) is 13.5. The zero-order chi connectivity index (χ0) is 18.6. The predicted octanol–water partition coefficient (Wildman–Crippen LogP) is 2.27.